The molecule has 110 valence electrons. The van der Waals surface area contributed by atoms with Crippen molar-refractivity contribution in [1.82, 2.24) is 5.32 Å². The summed E-state index contributed by atoms with van der Waals surface area (Å²) < 4.78 is 6.47. The van der Waals surface area contributed by atoms with E-state index >= 15 is 0 Å². The van der Waals surface area contributed by atoms with Crippen molar-refractivity contribution in [3.05, 3.63) is 62.5 Å². The Labute approximate surface area is 141 Å². The molecule has 0 radical (unpaired) electrons. The number of nitrogens with one attached hydrogen (secondary N) is 1. The zero-order chi connectivity index (χ0) is 15.2. The van der Waals surface area contributed by atoms with E-state index in [2.05, 4.69) is 21.2 Å². The molecule has 0 saturated carbocycles. The van der Waals surface area contributed by atoms with Gasteiger partial charge in [-0.15, -0.1) is 0 Å². The van der Waals surface area contributed by atoms with Crippen LogP contribution in [-0.4, -0.2) is 19.1 Å². The Morgan fingerprint density at radius 3 is 2.67 bits per heavy atom. The molecule has 2 rings (SSSR count). The molecule has 3 nitrogen and oxygen atoms in total. The second-order valence-corrected chi connectivity index (χ2v) is 5.92. The second kappa shape index (κ2) is 7.69. The fraction of sp³-hybridized carbons (Fsp3) is 0.133. The van der Waals surface area contributed by atoms with Gasteiger partial charge < -0.3 is 10.1 Å². The Morgan fingerprint density at radius 2 is 1.95 bits per heavy atom. The fourth-order valence-electron chi connectivity index (χ4n) is 1.63. The summed E-state index contributed by atoms with van der Waals surface area (Å²) in [6, 6.07) is 12.3. The Balaban J connectivity index is 1.80. The molecule has 6 heteroatoms. The molecule has 0 atom stereocenters. The van der Waals surface area contributed by atoms with Crippen LogP contribution in [0.5, 0.6) is 5.75 Å². The average molecular weight is 389 g/mol. The fourth-order valence-corrected chi connectivity index (χ4v) is 2.31. The summed E-state index contributed by atoms with van der Waals surface area (Å²) in [5.74, 6) is 0.527. The molecule has 2 aromatic carbocycles. The first-order chi connectivity index (χ1) is 10.1. The number of hydrogen-bond donors (Lipinski definition) is 1. The lowest BCUT2D eigenvalue weighted by molar-refractivity contribution is 0.0947. The number of halogens is 3. The highest BCUT2D eigenvalue weighted by molar-refractivity contribution is 9.10. The van der Waals surface area contributed by atoms with Crippen LogP contribution in [0.3, 0.4) is 0 Å². The lowest BCUT2D eigenvalue weighted by atomic mass is 10.2. The van der Waals surface area contributed by atoms with E-state index in [4.69, 9.17) is 27.9 Å². The van der Waals surface area contributed by atoms with Crippen molar-refractivity contribution in [2.45, 2.75) is 0 Å². The zero-order valence-corrected chi connectivity index (χ0v) is 14.0. The maximum absolute atomic E-state index is 11.9. The largest absolute Gasteiger partial charge is 0.492 e. The molecular weight excluding hydrogens is 377 g/mol. The van der Waals surface area contributed by atoms with E-state index in [1.807, 2.05) is 24.3 Å². The molecule has 0 fully saturated rings. The van der Waals surface area contributed by atoms with Gasteiger partial charge in [-0.1, -0.05) is 45.2 Å². The molecule has 0 aromatic heterocycles. The molecule has 0 saturated heterocycles. The van der Waals surface area contributed by atoms with Crippen molar-refractivity contribution >= 4 is 45.0 Å². The summed E-state index contributed by atoms with van der Waals surface area (Å²) in [5, 5.41) is 3.53. The van der Waals surface area contributed by atoms with Gasteiger partial charge in [-0.2, -0.15) is 0 Å². The van der Waals surface area contributed by atoms with Crippen LogP contribution in [0.25, 0.3) is 0 Å². The number of ether oxygens (including phenoxy) is 1. The summed E-state index contributed by atoms with van der Waals surface area (Å²) >= 11 is 15.0. The summed E-state index contributed by atoms with van der Waals surface area (Å²) in [4.78, 5) is 11.9. The van der Waals surface area contributed by atoms with Gasteiger partial charge in [-0.05, 0) is 36.4 Å². The predicted octanol–water partition coefficient (Wildman–Crippen LogP) is 4.56. The quantitative estimate of drug-likeness (QED) is 0.762. The zero-order valence-electron chi connectivity index (χ0n) is 10.9. The highest BCUT2D eigenvalue weighted by atomic mass is 79.9. The molecule has 2 aromatic rings. The van der Waals surface area contributed by atoms with E-state index in [0.29, 0.717) is 28.8 Å². The molecule has 1 N–H and O–H groups in total. The number of hydrogen-bond acceptors (Lipinski definition) is 2. The standard InChI is InChI=1S/C15H12BrCl2NO2/c16-11-2-1-3-12(9-11)21-7-6-19-15(20)10-4-5-13(17)14(18)8-10/h1-5,8-9H,6-7H2,(H,19,20). The molecule has 0 unspecified atom stereocenters. The van der Waals surface area contributed by atoms with Crippen LogP contribution in [0, 0.1) is 0 Å². The minimum atomic E-state index is -0.216. The van der Waals surface area contributed by atoms with E-state index in [-0.39, 0.29) is 5.91 Å². The Kier molecular flexibility index (Phi) is 5.91. The lowest BCUT2D eigenvalue weighted by Gasteiger charge is -2.08. The summed E-state index contributed by atoms with van der Waals surface area (Å²) in [7, 11) is 0. The number of carbonyl (C=O) groups excluding carboxylic acids is 1. The average Bonchev–Trinajstić information content (AvgIpc) is 2.46. The Hall–Kier alpha value is -1.23. The normalized spacial score (nSPS) is 10.2. The van der Waals surface area contributed by atoms with E-state index < -0.39 is 0 Å². The molecule has 0 spiro atoms. The SMILES string of the molecule is O=C(NCCOc1cccc(Br)c1)c1ccc(Cl)c(Cl)c1. The molecular formula is C15H12BrCl2NO2. The third kappa shape index (κ3) is 4.92. The van der Waals surface area contributed by atoms with Crippen LogP contribution in [0.15, 0.2) is 46.9 Å². The van der Waals surface area contributed by atoms with Crippen molar-refractivity contribution in [2.24, 2.45) is 0 Å². The van der Waals surface area contributed by atoms with Crippen molar-refractivity contribution in [2.75, 3.05) is 13.2 Å². The van der Waals surface area contributed by atoms with Gasteiger partial charge in [0.05, 0.1) is 16.6 Å². The maximum atomic E-state index is 11.9. The number of amides is 1. The summed E-state index contributed by atoms with van der Waals surface area (Å²) in [5.41, 5.74) is 0.465. The van der Waals surface area contributed by atoms with Crippen LogP contribution < -0.4 is 10.1 Å². The van der Waals surface area contributed by atoms with Crippen LogP contribution in [0.4, 0.5) is 0 Å². The number of rotatable bonds is 5. The predicted molar refractivity (Wildman–Crippen MR) is 88.4 cm³/mol. The Bertz CT molecular complexity index is 649. The third-order valence-electron chi connectivity index (χ3n) is 2.63. The van der Waals surface area contributed by atoms with Crippen LogP contribution in [0.1, 0.15) is 10.4 Å². The van der Waals surface area contributed by atoms with Crippen LogP contribution in [-0.2, 0) is 0 Å². The van der Waals surface area contributed by atoms with E-state index in [1.165, 1.54) is 6.07 Å². The van der Waals surface area contributed by atoms with Gasteiger partial charge in [-0.25, -0.2) is 0 Å². The van der Waals surface area contributed by atoms with Gasteiger partial charge in [0.25, 0.3) is 5.91 Å². The molecule has 21 heavy (non-hydrogen) atoms. The highest BCUT2D eigenvalue weighted by Crippen LogP contribution is 2.22. The monoisotopic (exact) mass is 387 g/mol. The molecule has 0 bridgehead atoms. The third-order valence-corrected chi connectivity index (χ3v) is 3.87. The van der Waals surface area contributed by atoms with E-state index in [9.17, 15) is 4.79 Å². The molecule has 0 aliphatic rings. The van der Waals surface area contributed by atoms with Gasteiger partial charge in [0.15, 0.2) is 0 Å². The van der Waals surface area contributed by atoms with Gasteiger partial charge in [0.1, 0.15) is 12.4 Å². The van der Waals surface area contributed by atoms with E-state index in [0.717, 1.165) is 10.2 Å². The smallest absolute Gasteiger partial charge is 0.251 e. The highest BCUT2D eigenvalue weighted by Gasteiger charge is 2.07. The van der Waals surface area contributed by atoms with Crippen molar-refractivity contribution in [3.8, 4) is 5.75 Å². The van der Waals surface area contributed by atoms with Crippen molar-refractivity contribution in [1.29, 1.82) is 0 Å². The molecule has 0 aliphatic carbocycles. The topological polar surface area (TPSA) is 38.3 Å². The Morgan fingerprint density at radius 1 is 1.14 bits per heavy atom. The number of benzene rings is 2. The minimum absolute atomic E-state index is 0.216. The number of carbonyl (C=O) groups is 1. The maximum Gasteiger partial charge on any atom is 0.251 e. The van der Waals surface area contributed by atoms with E-state index in [1.54, 1.807) is 12.1 Å². The molecule has 0 heterocycles. The van der Waals surface area contributed by atoms with Gasteiger partial charge in [-0.3, -0.25) is 4.79 Å². The molecule has 0 aliphatic heterocycles. The molecule has 1 amide bonds. The first kappa shape index (κ1) is 16.1. The first-order valence-electron chi connectivity index (χ1n) is 6.18. The summed E-state index contributed by atoms with van der Waals surface area (Å²) in [6.07, 6.45) is 0. The second-order valence-electron chi connectivity index (χ2n) is 4.19. The summed E-state index contributed by atoms with van der Waals surface area (Å²) in [6.45, 7) is 0.773. The minimum Gasteiger partial charge on any atom is -0.492 e. The van der Waals surface area contributed by atoms with Crippen LogP contribution >= 0.6 is 39.1 Å². The van der Waals surface area contributed by atoms with Gasteiger partial charge >= 0.3 is 0 Å². The van der Waals surface area contributed by atoms with Crippen LogP contribution in [0.2, 0.25) is 10.0 Å². The van der Waals surface area contributed by atoms with Crippen molar-refractivity contribution in [3.63, 3.8) is 0 Å². The van der Waals surface area contributed by atoms with Crippen molar-refractivity contribution < 1.29 is 9.53 Å². The lowest BCUT2D eigenvalue weighted by Crippen LogP contribution is -2.28. The first-order valence-corrected chi connectivity index (χ1v) is 7.73. The van der Waals surface area contributed by atoms with Gasteiger partial charge in [0, 0.05) is 10.0 Å². The van der Waals surface area contributed by atoms with Gasteiger partial charge in [0.2, 0.25) is 0 Å².